The van der Waals surface area contributed by atoms with Crippen LogP contribution in [-0.4, -0.2) is 66.4 Å². The molecule has 0 bridgehead atoms. The molecule has 188 valence electrons. The average molecular weight is 486 g/mol. The summed E-state index contributed by atoms with van der Waals surface area (Å²) in [6, 6.07) is 18.2. The molecule has 1 saturated carbocycles. The molecular weight excluding hydrogens is 450 g/mol. The Balaban J connectivity index is 1.41. The summed E-state index contributed by atoms with van der Waals surface area (Å²) >= 11 is 0. The predicted octanol–water partition coefficient (Wildman–Crippen LogP) is 3.59. The Bertz CT molecular complexity index is 1270. The second-order valence-electron chi connectivity index (χ2n) is 10.3. The Labute approximate surface area is 212 Å². The summed E-state index contributed by atoms with van der Waals surface area (Å²) < 4.78 is 2.05. The molecular formula is C29H35N5O2. The van der Waals surface area contributed by atoms with Gasteiger partial charge in [0.2, 0.25) is 0 Å². The largest absolute Gasteiger partial charge is 0.393 e. The van der Waals surface area contributed by atoms with Crippen LogP contribution in [0.2, 0.25) is 0 Å². The van der Waals surface area contributed by atoms with Crippen LogP contribution in [-0.2, 0) is 6.54 Å². The van der Waals surface area contributed by atoms with Crippen molar-refractivity contribution in [2.45, 2.75) is 38.3 Å². The maximum Gasteiger partial charge on any atom is 0.267 e. The number of aliphatic hydroxyl groups is 1. The molecule has 1 saturated heterocycles. The van der Waals surface area contributed by atoms with Crippen molar-refractivity contribution < 1.29 is 9.90 Å². The lowest BCUT2D eigenvalue weighted by molar-refractivity contribution is 0.0661. The molecule has 2 atom stereocenters. The highest BCUT2D eigenvalue weighted by Crippen LogP contribution is 2.26. The number of aliphatic hydroxyl groups excluding tert-OH is 1. The molecule has 2 aliphatic rings. The van der Waals surface area contributed by atoms with Crippen LogP contribution in [0.25, 0.3) is 10.9 Å². The van der Waals surface area contributed by atoms with Gasteiger partial charge in [-0.1, -0.05) is 25.0 Å². The molecule has 7 heteroatoms. The van der Waals surface area contributed by atoms with Crippen LogP contribution in [0.1, 0.15) is 47.3 Å². The van der Waals surface area contributed by atoms with E-state index >= 15 is 0 Å². The second-order valence-corrected chi connectivity index (χ2v) is 10.3. The number of anilines is 1. The first-order valence-corrected chi connectivity index (χ1v) is 13.0. The number of carbonyl (C=O) groups excluding carboxylic acids is 1. The summed E-state index contributed by atoms with van der Waals surface area (Å²) in [6.07, 6.45) is 3.55. The molecule has 7 nitrogen and oxygen atoms in total. The molecule has 5 rings (SSSR count). The molecule has 0 radical (unpaired) electrons. The highest BCUT2D eigenvalue weighted by molar-refractivity contribution is 5.99. The van der Waals surface area contributed by atoms with E-state index in [-0.39, 0.29) is 17.9 Å². The number of aromatic nitrogens is 1. The molecule has 2 aromatic carbocycles. The Kier molecular flexibility index (Phi) is 7.26. The number of piperazine rings is 1. The van der Waals surface area contributed by atoms with Crippen LogP contribution in [0.15, 0.2) is 48.5 Å². The van der Waals surface area contributed by atoms with Gasteiger partial charge >= 0.3 is 0 Å². The van der Waals surface area contributed by atoms with Crippen molar-refractivity contribution in [1.82, 2.24) is 14.8 Å². The Morgan fingerprint density at radius 2 is 1.89 bits per heavy atom. The minimum absolute atomic E-state index is 0.103. The average Bonchev–Trinajstić information content (AvgIpc) is 3.26. The molecule has 3 aromatic rings. The van der Waals surface area contributed by atoms with Crippen molar-refractivity contribution in [1.29, 1.82) is 5.26 Å². The van der Waals surface area contributed by atoms with Gasteiger partial charge in [0.1, 0.15) is 5.69 Å². The van der Waals surface area contributed by atoms with Crippen molar-refractivity contribution in [3.05, 3.63) is 65.4 Å². The van der Waals surface area contributed by atoms with E-state index in [0.717, 1.165) is 68.3 Å². The molecule has 0 unspecified atom stereocenters. The molecule has 2 fully saturated rings. The first kappa shape index (κ1) is 24.4. The summed E-state index contributed by atoms with van der Waals surface area (Å²) in [5.41, 5.74) is 4.43. The Morgan fingerprint density at radius 1 is 1.08 bits per heavy atom. The third-order valence-electron chi connectivity index (χ3n) is 7.78. The van der Waals surface area contributed by atoms with Crippen LogP contribution >= 0.6 is 0 Å². The second kappa shape index (κ2) is 10.7. The number of benzene rings is 2. The summed E-state index contributed by atoms with van der Waals surface area (Å²) in [6.45, 7) is 5.14. The third-order valence-corrected chi connectivity index (χ3v) is 7.78. The lowest BCUT2D eigenvalue weighted by atomic mass is 9.86. The number of fused-ring (bicyclic) bond motifs is 1. The quantitative estimate of drug-likeness (QED) is 0.557. The summed E-state index contributed by atoms with van der Waals surface area (Å²) in [5, 5.41) is 23.7. The van der Waals surface area contributed by atoms with Crippen molar-refractivity contribution in [2.24, 2.45) is 5.92 Å². The highest BCUT2D eigenvalue weighted by atomic mass is 16.3. The maximum atomic E-state index is 13.4. The van der Waals surface area contributed by atoms with Gasteiger partial charge in [0.05, 0.1) is 17.7 Å². The molecule has 1 aliphatic carbocycles. The standard InChI is InChI=1S/C29H35N5O2/c1-32-11-13-33(14-12-32)25-7-4-5-22(16-25)20-34-26-10-9-21(18-30)15-24(26)17-27(34)29(36)31-19-23-6-2-3-8-28(23)35/h4-5,7,9-10,15-17,23,28,35H,2-3,6,8,11-14,19-20H2,1H3,(H,31,36)/t23-,28+/m1/s1. The van der Waals surface area contributed by atoms with Gasteiger partial charge in [-0.3, -0.25) is 4.79 Å². The van der Waals surface area contributed by atoms with Crippen LogP contribution in [0, 0.1) is 17.2 Å². The summed E-state index contributed by atoms with van der Waals surface area (Å²) in [5.74, 6) is -0.0382. The van der Waals surface area contributed by atoms with Gasteiger partial charge in [-0.05, 0) is 61.9 Å². The van der Waals surface area contributed by atoms with Gasteiger partial charge in [-0.25, -0.2) is 0 Å². The fourth-order valence-corrected chi connectivity index (χ4v) is 5.54. The molecule has 1 aliphatic heterocycles. The fraction of sp³-hybridized carbons (Fsp3) is 0.448. The van der Waals surface area contributed by atoms with Crippen LogP contribution in [0.5, 0.6) is 0 Å². The number of likely N-dealkylation sites (N-methyl/N-ethyl adjacent to an activating group) is 1. The highest BCUT2D eigenvalue weighted by Gasteiger charge is 2.24. The van der Waals surface area contributed by atoms with E-state index in [9.17, 15) is 15.2 Å². The predicted molar refractivity (Wildman–Crippen MR) is 142 cm³/mol. The zero-order valence-electron chi connectivity index (χ0n) is 21.0. The minimum Gasteiger partial charge on any atom is -0.393 e. The van der Waals surface area contributed by atoms with E-state index in [1.807, 2.05) is 22.8 Å². The van der Waals surface area contributed by atoms with Gasteiger partial charge in [-0.15, -0.1) is 0 Å². The molecule has 2 heterocycles. The Hall–Kier alpha value is -3.34. The zero-order chi connectivity index (χ0) is 25.1. The van der Waals surface area contributed by atoms with Gasteiger partial charge in [0.15, 0.2) is 0 Å². The number of carbonyl (C=O) groups is 1. The number of nitriles is 1. The lowest BCUT2D eigenvalue weighted by Crippen LogP contribution is -2.44. The third kappa shape index (κ3) is 5.25. The van der Waals surface area contributed by atoms with Crippen molar-refractivity contribution in [3.8, 4) is 6.07 Å². The van der Waals surface area contributed by atoms with Gasteiger partial charge in [-0.2, -0.15) is 5.26 Å². The summed E-state index contributed by atoms with van der Waals surface area (Å²) in [4.78, 5) is 18.1. The zero-order valence-corrected chi connectivity index (χ0v) is 21.0. The first-order chi connectivity index (χ1) is 17.5. The van der Waals surface area contributed by atoms with E-state index in [1.54, 1.807) is 6.07 Å². The summed E-state index contributed by atoms with van der Waals surface area (Å²) in [7, 11) is 2.16. The van der Waals surface area contributed by atoms with E-state index in [0.29, 0.717) is 24.3 Å². The van der Waals surface area contributed by atoms with Crippen LogP contribution in [0.4, 0.5) is 5.69 Å². The number of nitrogens with zero attached hydrogens (tertiary/aromatic N) is 4. The van der Waals surface area contributed by atoms with E-state index in [4.69, 9.17) is 0 Å². The number of hydrogen-bond acceptors (Lipinski definition) is 5. The SMILES string of the molecule is CN1CCN(c2cccc(Cn3c(C(=O)NC[C@H]4CCCC[C@@H]4O)cc4cc(C#N)ccc43)c2)CC1. The van der Waals surface area contributed by atoms with Crippen LogP contribution < -0.4 is 10.2 Å². The molecule has 0 spiro atoms. The molecule has 1 aromatic heterocycles. The maximum absolute atomic E-state index is 13.4. The first-order valence-electron chi connectivity index (χ1n) is 13.0. The molecule has 36 heavy (non-hydrogen) atoms. The molecule has 1 amide bonds. The smallest absolute Gasteiger partial charge is 0.267 e. The van der Waals surface area contributed by atoms with Crippen molar-refractivity contribution in [3.63, 3.8) is 0 Å². The van der Waals surface area contributed by atoms with Gasteiger partial charge < -0.3 is 24.8 Å². The van der Waals surface area contributed by atoms with Crippen LogP contribution in [0.3, 0.4) is 0 Å². The van der Waals surface area contributed by atoms with Gasteiger partial charge in [0, 0.05) is 61.8 Å². The normalized spacial score (nSPS) is 20.9. The van der Waals surface area contributed by atoms with E-state index in [1.165, 1.54) is 5.69 Å². The van der Waals surface area contributed by atoms with Crippen molar-refractivity contribution >= 4 is 22.5 Å². The number of hydrogen-bond donors (Lipinski definition) is 2. The number of nitrogens with one attached hydrogen (secondary N) is 1. The van der Waals surface area contributed by atoms with Crippen molar-refractivity contribution in [2.75, 3.05) is 44.7 Å². The Morgan fingerprint density at radius 3 is 2.67 bits per heavy atom. The molecule has 2 N–H and O–H groups in total. The fourth-order valence-electron chi connectivity index (χ4n) is 5.54. The minimum atomic E-state index is -0.347. The lowest BCUT2D eigenvalue weighted by Gasteiger charge is -2.34. The topological polar surface area (TPSA) is 84.5 Å². The number of rotatable bonds is 6. The van der Waals surface area contributed by atoms with E-state index in [2.05, 4.69) is 52.5 Å². The van der Waals surface area contributed by atoms with Gasteiger partial charge in [0.25, 0.3) is 5.91 Å². The monoisotopic (exact) mass is 485 g/mol. The number of amides is 1. The van der Waals surface area contributed by atoms with E-state index < -0.39 is 0 Å².